The minimum atomic E-state index is -3.80. The van der Waals surface area contributed by atoms with Crippen LogP contribution in [-0.4, -0.2) is 20.2 Å². The number of carbonyl (C=O) groups is 2. The Morgan fingerprint density at radius 3 is 1.97 bits per heavy atom. The quantitative estimate of drug-likeness (QED) is 0.526. The first kappa shape index (κ1) is 21.4. The number of rotatable bonds is 6. The van der Waals surface area contributed by atoms with Gasteiger partial charge in [-0.3, -0.25) is 14.3 Å². The number of nitrogens with one attached hydrogen (secondary N) is 3. The molecule has 0 aliphatic carbocycles. The van der Waals surface area contributed by atoms with Gasteiger partial charge < -0.3 is 10.6 Å². The number of sulfonamides is 1. The highest BCUT2D eigenvalue weighted by atomic mass is 35.5. The molecule has 0 aromatic heterocycles. The first-order valence-electron chi connectivity index (χ1n) is 8.81. The number of anilines is 3. The lowest BCUT2D eigenvalue weighted by Gasteiger charge is -2.12. The van der Waals surface area contributed by atoms with Gasteiger partial charge in [0.1, 0.15) is 0 Å². The SMILES string of the molecule is CC(=O)Nc1ccc(NC(=O)c2cc(NS(=O)(=O)c3ccccc3)ccc2Cl)cc1. The molecule has 3 aromatic carbocycles. The summed E-state index contributed by atoms with van der Waals surface area (Å²) in [5.74, 6) is -0.707. The molecule has 9 heteroatoms. The summed E-state index contributed by atoms with van der Waals surface area (Å²) in [6, 6.07) is 18.7. The van der Waals surface area contributed by atoms with Crippen LogP contribution in [0.3, 0.4) is 0 Å². The number of benzene rings is 3. The molecule has 0 spiro atoms. The van der Waals surface area contributed by atoms with Crippen molar-refractivity contribution in [1.82, 2.24) is 0 Å². The number of halogens is 1. The lowest BCUT2D eigenvalue weighted by Crippen LogP contribution is -2.15. The van der Waals surface area contributed by atoms with E-state index in [1.54, 1.807) is 42.5 Å². The minimum Gasteiger partial charge on any atom is -0.326 e. The summed E-state index contributed by atoms with van der Waals surface area (Å²) in [7, 11) is -3.80. The Morgan fingerprint density at radius 2 is 1.37 bits per heavy atom. The lowest BCUT2D eigenvalue weighted by atomic mass is 10.2. The van der Waals surface area contributed by atoms with Crippen LogP contribution in [0.25, 0.3) is 0 Å². The van der Waals surface area contributed by atoms with Crippen LogP contribution in [0.5, 0.6) is 0 Å². The summed E-state index contributed by atoms with van der Waals surface area (Å²) in [6.45, 7) is 1.40. The molecule has 3 rings (SSSR count). The Morgan fingerprint density at radius 1 is 0.800 bits per heavy atom. The maximum Gasteiger partial charge on any atom is 0.261 e. The van der Waals surface area contributed by atoms with E-state index in [1.165, 1.54) is 37.3 Å². The van der Waals surface area contributed by atoms with Gasteiger partial charge in [-0.1, -0.05) is 29.8 Å². The molecule has 0 saturated heterocycles. The van der Waals surface area contributed by atoms with E-state index in [4.69, 9.17) is 11.6 Å². The predicted octanol–water partition coefficient (Wildman–Crippen LogP) is 4.35. The summed E-state index contributed by atoms with van der Waals surface area (Å²) in [4.78, 5) is 23.8. The molecule has 0 unspecified atom stereocenters. The Balaban J connectivity index is 1.78. The van der Waals surface area contributed by atoms with Crippen molar-refractivity contribution in [2.45, 2.75) is 11.8 Å². The van der Waals surface area contributed by atoms with Crippen molar-refractivity contribution in [3.05, 3.63) is 83.4 Å². The largest absolute Gasteiger partial charge is 0.326 e. The first-order valence-corrected chi connectivity index (χ1v) is 10.7. The van der Waals surface area contributed by atoms with Gasteiger partial charge in [-0.2, -0.15) is 0 Å². The summed E-state index contributed by atoms with van der Waals surface area (Å²) in [6.07, 6.45) is 0. The number of hydrogen-bond acceptors (Lipinski definition) is 4. The third-order valence-electron chi connectivity index (χ3n) is 3.98. The van der Waals surface area contributed by atoms with Gasteiger partial charge in [-0.25, -0.2) is 8.42 Å². The summed E-state index contributed by atoms with van der Waals surface area (Å²) < 4.78 is 27.4. The first-order chi connectivity index (χ1) is 14.2. The number of hydrogen-bond donors (Lipinski definition) is 3. The molecule has 7 nitrogen and oxygen atoms in total. The fourth-order valence-corrected chi connectivity index (χ4v) is 3.89. The summed E-state index contributed by atoms with van der Waals surface area (Å²) in [5.41, 5.74) is 1.39. The standard InChI is InChI=1S/C21H18ClN3O4S/c1-14(26)23-15-7-9-16(10-8-15)24-21(27)19-13-17(11-12-20(19)22)25-30(28,29)18-5-3-2-4-6-18/h2-13,25H,1H3,(H,23,26)(H,24,27). The lowest BCUT2D eigenvalue weighted by molar-refractivity contribution is -0.114. The summed E-state index contributed by atoms with van der Waals surface area (Å²) >= 11 is 6.14. The van der Waals surface area contributed by atoms with E-state index in [9.17, 15) is 18.0 Å². The van der Waals surface area contributed by atoms with Crippen LogP contribution in [0, 0.1) is 0 Å². The van der Waals surface area contributed by atoms with E-state index in [0.717, 1.165) is 0 Å². The van der Waals surface area contributed by atoms with E-state index in [0.29, 0.717) is 11.4 Å². The molecule has 30 heavy (non-hydrogen) atoms. The van der Waals surface area contributed by atoms with Crippen molar-refractivity contribution in [3.8, 4) is 0 Å². The van der Waals surface area contributed by atoms with E-state index in [-0.39, 0.29) is 27.1 Å². The third-order valence-corrected chi connectivity index (χ3v) is 5.71. The van der Waals surface area contributed by atoms with Crippen LogP contribution >= 0.6 is 11.6 Å². The average molecular weight is 444 g/mol. The van der Waals surface area contributed by atoms with Crippen molar-refractivity contribution >= 4 is 50.5 Å². The van der Waals surface area contributed by atoms with Crippen LogP contribution in [-0.2, 0) is 14.8 Å². The predicted molar refractivity (Wildman–Crippen MR) is 117 cm³/mol. The third kappa shape index (κ3) is 5.37. The molecule has 0 aliphatic rings. The van der Waals surface area contributed by atoms with Crippen LogP contribution in [0.4, 0.5) is 17.1 Å². The smallest absolute Gasteiger partial charge is 0.261 e. The Hall–Kier alpha value is -3.36. The van der Waals surface area contributed by atoms with Gasteiger partial charge in [0.2, 0.25) is 5.91 Å². The maximum atomic E-state index is 12.6. The summed E-state index contributed by atoms with van der Waals surface area (Å²) in [5, 5.41) is 5.49. The highest BCUT2D eigenvalue weighted by molar-refractivity contribution is 7.92. The van der Waals surface area contributed by atoms with Gasteiger partial charge in [0.25, 0.3) is 15.9 Å². The monoisotopic (exact) mass is 443 g/mol. The Bertz CT molecular complexity index is 1180. The van der Waals surface area contributed by atoms with Crippen molar-refractivity contribution in [2.75, 3.05) is 15.4 Å². The molecule has 0 atom stereocenters. The van der Waals surface area contributed by atoms with E-state index in [1.807, 2.05) is 0 Å². The molecular formula is C21H18ClN3O4S. The highest BCUT2D eigenvalue weighted by Crippen LogP contribution is 2.24. The normalized spacial score (nSPS) is 10.9. The van der Waals surface area contributed by atoms with Gasteiger partial charge >= 0.3 is 0 Å². The molecule has 0 fully saturated rings. The van der Waals surface area contributed by atoms with Crippen LogP contribution in [0.1, 0.15) is 17.3 Å². The Kier molecular flexibility index (Phi) is 6.39. The molecule has 0 aliphatic heterocycles. The number of carbonyl (C=O) groups excluding carboxylic acids is 2. The van der Waals surface area contributed by atoms with Gasteiger partial charge in [-0.05, 0) is 54.6 Å². The van der Waals surface area contributed by atoms with Crippen LogP contribution in [0.15, 0.2) is 77.7 Å². The van der Waals surface area contributed by atoms with Gasteiger partial charge in [-0.15, -0.1) is 0 Å². The molecule has 0 bridgehead atoms. The van der Waals surface area contributed by atoms with Crippen LogP contribution < -0.4 is 15.4 Å². The fourth-order valence-electron chi connectivity index (χ4n) is 2.62. The van der Waals surface area contributed by atoms with Crippen molar-refractivity contribution in [3.63, 3.8) is 0 Å². The zero-order chi connectivity index (χ0) is 21.7. The second kappa shape index (κ2) is 8.98. The highest BCUT2D eigenvalue weighted by Gasteiger charge is 2.17. The zero-order valence-corrected chi connectivity index (χ0v) is 17.4. The van der Waals surface area contributed by atoms with Crippen LogP contribution in [0.2, 0.25) is 5.02 Å². The fraction of sp³-hybridized carbons (Fsp3) is 0.0476. The van der Waals surface area contributed by atoms with Crippen molar-refractivity contribution in [1.29, 1.82) is 0 Å². The molecular weight excluding hydrogens is 426 g/mol. The second-order valence-corrected chi connectivity index (χ2v) is 8.42. The van der Waals surface area contributed by atoms with E-state index < -0.39 is 15.9 Å². The maximum absolute atomic E-state index is 12.6. The molecule has 154 valence electrons. The topological polar surface area (TPSA) is 104 Å². The van der Waals surface area contributed by atoms with Gasteiger partial charge in [0, 0.05) is 24.0 Å². The number of amides is 2. The van der Waals surface area contributed by atoms with Gasteiger partial charge in [0.15, 0.2) is 0 Å². The van der Waals surface area contributed by atoms with E-state index >= 15 is 0 Å². The molecule has 0 radical (unpaired) electrons. The average Bonchev–Trinajstić information content (AvgIpc) is 2.71. The molecule has 3 aromatic rings. The van der Waals surface area contributed by atoms with Gasteiger partial charge in [0.05, 0.1) is 15.5 Å². The zero-order valence-electron chi connectivity index (χ0n) is 15.8. The van der Waals surface area contributed by atoms with Crippen molar-refractivity contribution < 1.29 is 18.0 Å². The molecule has 3 N–H and O–H groups in total. The van der Waals surface area contributed by atoms with E-state index in [2.05, 4.69) is 15.4 Å². The molecule has 2 amide bonds. The minimum absolute atomic E-state index is 0.102. The molecule has 0 saturated carbocycles. The van der Waals surface area contributed by atoms with Crippen molar-refractivity contribution in [2.24, 2.45) is 0 Å². The molecule has 0 heterocycles. The Labute approximate surface area is 179 Å². The second-order valence-electron chi connectivity index (χ2n) is 6.33.